The summed E-state index contributed by atoms with van der Waals surface area (Å²) in [6.07, 6.45) is 0. The molecule has 15 heavy (non-hydrogen) atoms. The summed E-state index contributed by atoms with van der Waals surface area (Å²) < 4.78 is 4.34. The van der Waals surface area contributed by atoms with E-state index in [1.165, 1.54) is 18.2 Å². The summed E-state index contributed by atoms with van der Waals surface area (Å²) >= 11 is 1.01. The molecule has 1 aromatic heterocycles. The molecule has 6 nitrogen and oxygen atoms in total. The number of rotatable bonds is 2. The normalized spacial score (nSPS) is 10.4. The largest absolute Gasteiger partial charge is 0.476 e. The van der Waals surface area contributed by atoms with Gasteiger partial charge in [0, 0.05) is 17.5 Å². The smallest absolute Gasteiger partial charge is 0.356 e. The van der Waals surface area contributed by atoms with Gasteiger partial charge in [-0.25, -0.2) is 4.79 Å². The Morgan fingerprint density at radius 2 is 2.27 bits per heavy atom. The first kappa shape index (κ1) is 9.53. The lowest BCUT2D eigenvalue weighted by atomic mass is 10.2. The van der Waals surface area contributed by atoms with Crippen molar-refractivity contribution in [1.29, 1.82) is 0 Å². The predicted octanol–water partition coefficient (Wildman–Crippen LogP) is 1.90. The molecule has 2 aromatic rings. The number of nitro groups is 1. The van der Waals surface area contributed by atoms with Crippen LogP contribution < -0.4 is 0 Å². The Hall–Kier alpha value is -2.02. The fourth-order valence-corrected chi connectivity index (χ4v) is 1.94. The summed E-state index contributed by atoms with van der Waals surface area (Å²) in [5.41, 5.74) is -0.274. The maximum absolute atomic E-state index is 10.7. The second kappa shape index (κ2) is 3.28. The second-order valence-electron chi connectivity index (χ2n) is 2.77. The minimum atomic E-state index is -1.18. The maximum atomic E-state index is 10.7. The topological polar surface area (TPSA) is 93.3 Å². The number of fused-ring (bicyclic) bond motifs is 1. The van der Waals surface area contributed by atoms with Crippen LogP contribution in [-0.4, -0.2) is 20.4 Å². The molecule has 1 aromatic carbocycles. The Morgan fingerprint density at radius 3 is 2.87 bits per heavy atom. The van der Waals surface area contributed by atoms with Gasteiger partial charge in [0.2, 0.25) is 0 Å². The van der Waals surface area contributed by atoms with Crippen molar-refractivity contribution in [3.05, 3.63) is 34.0 Å². The number of carboxylic acids is 1. The number of benzene rings is 1. The highest BCUT2D eigenvalue weighted by Crippen LogP contribution is 2.26. The molecule has 0 aliphatic rings. The van der Waals surface area contributed by atoms with Gasteiger partial charge in [0.15, 0.2) is 5.69 Å². The number of hydrogen-bond donors (Lipinski definition) is 1. The van der Waals surface area contributed by atoms with E-state index < -0.39 is 10.9 Å². The molecule has 1 heterocycles. The summed E-state index contributed by atoms with van der Waals surface area (Å²) in [5, 5.41) is 19.6. The molecule has 2 rings (SSSR count). The molecular formula is C8H4N2O4S. The van der Waals surface area contributed by atoms with Crippen LogP contribution in [0.25, 0.3) is 10.1 Å². The number of nitro benzene ring substituents is 1. The zero-order valence-corrected chi connectivity index (χ0v) is 8.02. The van der Waals surface area contributed by atoms with E-state index in [2.05, 4.69) is 4.37 Å². The van der Waals surface area contributed by atoms with E-state index in [-0.39, 0.29) is 11.4 Å². The molecule has 0 atom stereocenters. The number of non-ortho nitro benzene ring substituents is 1. The van der Waals surface area contributed by atoms with E-state index in [1.54, 1.807) is 0 Å². The number of carboxylic acid groups (broad SMARTS) is 1. The number of carbonyl (C=O) groups is 1. The van der Waals surface area contributed by atoms with Crippen LogP contribution in [0.1, 0.15) is 10.5 Å². The first-order chi connectivity index (χ1) is 7.09. The average molecular weight is 224 g/mol. The van der Waals surface area contributed by atoms with Crippen LogP contribution >= 0.6 is 11.5 Å². The van der Waals surface area contributed by atoms with Crippen LogP contribution in [0.4, 0.5) is 5.69 Å². The van der Waals surface area contributed by atoms with Crippen molar-refractivity contribution in [2.24, 2.45) is 0 Å². The molecule has 0 saturated carbocycles. The number of hydrogen-bond acceptors (Lipinski definition) is 5. The van der Waals surface area contributed by atoms with Crippen molar-refractivity contribution in [2.75, 3.05) is 0 Å². The molecular weight excluding hydrogens is 220 g/mol. The van der Waals surface area contributed by atoms with Crippen LogP contribution in [0, 0.1) is 10.1 Å². The van der Waals surface area contributed by atoms with E-state index in [1.807, 2.05) is 0 Å². The van der Waals surface area contributed by atoms with Gasteiger partial charge in [0.1, 0.15) is 0 Å². The van der Waals surface area contributed by atoms with Crippen molar-refractivity contribution < 1.29 is 14.8 Å². The maximum Gasteiger partial charge on any atom is 0.356 e. The van der Waals surface area contributed by atoms with Crippen molar-refractivity contribution in [1.82, 2.24) is 4.37 Å². The number of nitrogens with zero attached hydrogens (tertiary/aromatic N) is 2. The fraction of sp³-hybridized carbons (Fsp3) is 0. The Morgan fingerprint density at radius 1 is 1.53 bits per heavy atom. The van der Waals surface area contributed by atoms with Gasteiger partial charge < -0.3 is 5.11 Å². The SMILES string of the molecule is O=C(O)c1nsc2ccc([N+](=O)[O-])cc12. The molecule has 0 spiro atoms. The van der Waals surface area contributed by atoms with Gasteiger partial charge in [0.25, 0.3) is 5.69 Å². The second-order valence-corrected chi connectivity index (χ2v) is 3.58. The third-order valence-electron chi connectivity index (χ3n) is 1.87. The van der Waals surface area contributed by atoms with Gasteiger partial charge in [-0.3, -0.25) is 10.1 Å². The fourth-order valence-electron chi connectivity index (χ4n) is 1.19. The molecule has 0 fully saturated rings. The number of aromatic carboxylic acids is 1. The molecule has 76 valence electrons. The quantitative estimate of drug-likeness (QED) is 0.621. The number of aromatic nitrogens is 1. The minimum absolute atomic E-state index is 0.134. The first-order valence-electron chi connectivity index (χ1n) is 3.86. The lowest BCUT2D eigenvalue weighted by Crippen LogP contribution is -1.96. The Labute approximate surface area is 87.1 Å². The third-order valence-corrected chi connectivity index (χ3v) is 2.69. The highest BCUT2D eigenvalue weighted by molar-refractivity contribution is 7.13. The molecule has 1 N–H and O–H groups in total. The van der Waals surface area contributed by atoms with Gasteiger partial charge in [-0.2, -0.15) is 4.37 Å². The summed E-state index contributed by atoms with van der Waals surface area (Å²) in [6, 6.07) is 4.05. The molecule has 0 saturated heterocycles. The predicted molar refractivity (Wildman–Crippen MR) is 53.2 cm³/mol. The third kappa shape index (κ3) is 1.52. The van der Waals surface area contributed by atoms with Crippen molar-refractivity contribution >= 4 is 33.3 Å². The van der Waals surface area contributed by atoms with Gasteiger partial charge in [-0.15, -0.1) is 0 Å². The van der Waals surface area contributed by atoms with E-state index in [9.17, 15) is 14.9 Å². The highest BCUT2D eigenvalue weighted by Gasteiger charge is 2.16. The van der Waals surface area contributed by atoms with E-state index in [0.717, 1.165) is 11.5 Å². The van der Waals surface area contributed by atoms with Gasteiger partial charge >= 0.3 is 5.97 Å². The first-order valence-corrected chi connectivity index (χ1v) is 4.64. The van der Waals surface area contributed by atoms with Crippen molar-refractivity contribution in [3.8, 4) is 0 Å². The van der Waals surface area contributed by atoms with Crippen LogP contribution in [0.5, 0.6) is 0 Å². The Bertz CT molecular complexity index is 563. The molecule has 0 aliphatic carbocycles. The zero-order chi connectivity index (χ0) is 11.0. The standard InChI is InChI=1S/C8H4N2O4S/c11-8(12)7-5-3-4(10(13)14)1-2-6(5)15-9-7/h1-3H,(H,11,12). The monoisotopic (exact) mass is 224 g/mol. The van der Waals surface area contributed by atoms with Crippen molar-refractivity contribution in [3.63, 3.8) is 0 Å². The molecule has 0 aliphatic heterocycles. The Balaban J connectivity index is 2.72. The molecule has 0 radical (unpaired) electrons. The summed E-state index contributed by atoms with van der Waals surface area (Å²) in [6.45, 7) is 0. The molecule has 0 amide bonds. The van der Waals surface area contributed by atoms with Gasteiger partial charge in [-0.1, -0.05) is 0 Å². The summed E-state index contributed by atoms with van der Waals surface area (Å²) in [5.74, 6) is -1.18. The average Bonchev–Trinajstić information content (AvgIpc) is 2.59. The lowest BCUT2D eigenvalue weighted by Gasteiger charge is -1.92. The van der Waals surface area contributed by atoms with Crippen LogP contribution in [0.3, 0.4) is 0 Å². The van der Waals surface area contributed by atoms with Gasteiger partial charge in [-0.05, 0) is 17.6 Å². The summed E-state index contributed by atoms with van der Waals surface area (Å²) in [7, 11) is 0. The van der Waals surface area contributed by atoms with Gasteiger partial charge in [0.05, 0.1) is 9.62 Å². The minimum Gasteiger partial charge on any atom is -0.476 e. The Kier molecular flexibility index (Phi) is 2.09. The van der Waals surface area contributed by atoms with Crippen LogP contribution in [0.2, 0.25) is 0 Å². The zero-order valence-electron chi connectivity index (χ0n) is 7.21. The van der Waals surface area contributed by atoms with Crippen molar-refractivity contribution in [2.45, 2.75) is 0 Å². The van der Waals surface area contributed by atoms with Crippen LogP contribution in [0.15, 0.2) is 18.2 Å². The van der Waals surface area contributed by atoms with E-state index >= 15 is 0 Å². The summed E-state index contributed by atoms with van der Waals surface area (Å²) in [4.78, 5) is 20.7. The molecule has 7 heteroatoms. The van der Waals surface area contributed by atoms with E-state index in [0.29, 0.717) is 10.1 Å². The molecule has 0 unspecified atom stereocenters. The highest BCUT2D eigenvalue weighted by atomic mass is 32.1. The molecule has 0 bridgehead atoms. The van der Waals surface area contributed by atoms with Crippen LogP contribution in [-0.2, 0) is 0 Å². The van der Waals surface area contributed by atoms with E-state index in [4.69, 9.17) is 5.11 Å². The lowest BCUT2D eigenvalue weighted by molar-refractivity contribution is -0.384.